The number of fused-ring (bicyclic) bond motifs is 3. The molecule has 0 aromatic heterocycles. The van der Waals surface area contributed by atoms with Crippen LogP contribution in [0.2, 0.25) is 0 Å². The number of carboxylic acid groups (broad SMARTS) is 1. The molecule has 0 aromatic carbocycles. The SMILES string of the molecule is CCNC(=O)N(C)[C@H]1CCC[C@H]2C1=C(C(=O)O)N1C(=O)[C@H]([C@@H](C)O)[C@@H]21. The van der Waals surface area contributed by atoms with Crippen LogP contribution in [-0.2, 0) is 9.59 Å². The zero-order chi connectivity index (χ0) is 18.5. The number of amides is 3. The highest BCUT2D eigenvalue weighted by molar-refractivity contribution is 6.00. The van der Waals surface area contributed by atoms with Crippen LogP contribution in [0.4, 0.5) is 4.79 Å². The number of hydrogen-bond acceptors (Lipinski definition) is 4. The van der Waals surface area contributed by atoms with E-state index in [9.17, 15) is 24.6 Å². The molecule has 3 rings (SSSR count). The molecule has 8 heteroatoms. The van der Waals surface area contributed by atoms with Gasteiger partial charge in [-0.05, 0) is 32.3 Å². The number of carboxylic acids is 1. The molecule has 0 aromatic rings. The molecule has 25 heavy (non-hydrogen) atoms. The molecular weight excluding hydrogens is 326 g/mol. The standard InChI is InChI=1S/C17H25N3O5/c1-4-18-17(25)19(3)10-7-5-6-9-12(10)14(16(23)24)20-13(9)11(8(2)21)15(20)22/h8-11,13,21H,4-7H2,1-3H3,(H,18,25)(H,23,24)/t8-,9+,10+,11-,13-/m1/s1. The molecule has 8 nitrogen and oxygen atoms in total. The lowest BCUT2D eigenvalue weighted by Crippen LogP contribution is -2.64. The fraction of sp³-hybridized carbons (Fsp3) is 0.706. The van der Waals surface area contributed by atoms with Crippen LogP contribution in [0.15, 0.2) is 11.3 Å². The maximum absolute atomic E-state index is 12.4. The maximum atomic E-state index is 12.4. The van der Waals surface area contributed by atoms with Crippen molar-refractivity contribution in [2.24, 2.45) is 11.8 Å². The van der Waals surface area contributed by atoms with Crippen LogP contribution in [-0.4, -0.2) is 69.7 Å². The van der Waals surface area contributed by atoms with Crippen LogP contribution in [0.1, 0.15) is 33.1 Å². The van der Waals surface area contributed by atoms with E-state index in [2.05, 4.69) is 5.32 Å². The first-order chi connectivity index (χ1) is 11.8. The third-order valence-electron chi connectivity index (χ3n) is 5.70. The van der Waals surface area contributed by atoms with E-state index in [-0.39, 0.29) is 35.6 Å². The van der Waals surface area contributed by atoms with Gasteiger partial charge in [0.2, 0.25) is 5.91 Å². The first-order valence-electron chi connectivity index (χ1n) is 8.80. The molecule has 1 saturated carbocycles. The van der Waals surface area contributed by atoms with E-state index in [1.807, 2.05) is 6.92 Å². The highest BCUT2D eigenvalue weighted by atomic mass is 16.4. The minimum atomic E-state index is -1.14. The number of likely N-dealkylation sites (N-methyl/N-ethyl adjacent to an activating group) is 1. The van der Waals surface area contributed by atoms with Gasteiger partial charge >= 0.3 is 12.0 Å². The number of aliphatic hydroxyl groups is 1. The zero-order valence-electron chi connectivity index (χ0n) is 14.7. The van der Waals surface area contributed by atoms with Crippen molar-refractivity contribution in [1.82, 2.24) is 15.1 Å². The van der Waals surface area contributed by atoms with Crippen molar-refractivity contribution in [2.45, 2.75) is 51.3 Å². The Hall–Kier alpha value is -2.09. The predicted molar refractivity (Wildman–Crippen MR) is 88.4 cm³/mol. The Bertz CT molecular complexity index is 644. The van der Waals surface area contributed by atoms with E-state index in [0.717, 1.165) is 12.8 Å². The number of carbonyl (C=O) groups is 3. The third kappa shape index (κ3) is 2.50. The maximum Gasteiger partial charge on any atom is 0.352 e. The number of β-lactam (4-membered cyclic amide) rings is 1. The largest absolute Gasteiger partial charge is 0.477 e. The molecule has 2 aliphatic heterocycles. The Kier molecular flexibility index (Phi) is 4.49. The van der Waals surface area contributed by atoms with Gasteiger partial charge in [-0.25, -0.2) is 9.59 Å². The van der Waals surface area contributed by atoms with Gasteiger partial charge in [0.15, 0.2) is 0 Å². The third-order valence-corrected chi connectivity index (χ3v) is 5.70. The number of aliphatic hydroxyl groups excluding tert-OH is 1. The van der Waals surface area contributed by atoms with Crippen molar-refractivity contribution >= 4 is 17.9 Å². The van der Waals surface area contributed by atoms with Gasteiger partial charge in [-0.1, -0.05) is 6.42 Å². The van der Waals surface area contributed by atoms with Crippen LogP contribution in [0, 0.1) is 11.8 Å². The fourth-order valence-electron chi connectivity index (χ4n) is 4.68. The van der Waals surface area contributed by atoms with Crippen LogP contribution in [0.25, 0.3) is 0 Å². The average molecular weight is 351 g/mol. The predicted octanol–water partition coefficient (Wildman–Crippen LogP) is 0.377. The summed E-state index contributed by atoms with van der Waals surface area (Å²) in [7, 11) is 1.66. The Labute approximate surface area is 146 Å². The monoisotopic (exact) mass is 351 g/mol. The molecular formula is C17H25N3O5. The van der Waals surface area contributed by atoms with E-state index in [4.69, 9.17) is 0 Å². The number of urea groups is 1. The lowest BCUT2D eigenvalue weighted by molar-refractivity contribution is -0.163. The van der Waals surface area contributed by atoms with Crippen molar-refractivity contribution < 1.29 is 24.6 Å². The number of aliphatic carboxylic acids is 1. The van der Waals surface area contributed by atoms with Crippen molar-refractivity contribution in [1.29, 1.82) is 0 Å². The molecule has 0 unspecified atom stereocenters. The molecule has 3 amide bonds. The lowest BCUT2D eigenvalue weighted by atomic mass is 9.71. The average Bonchev–Trinajstić information content (AvgIpc) is 2.84. The Morgan fingerprint density at radius 3 is 2.64 bits per heavy atom. The molecule has 0 spiro atoms. The van der Waals surface area contributed by atoms with Crippen molar-refractivity contribution in [3.05, 3.63) is 11.3 Å². The van der Waals surface area contributed by atoms with E-state index in [1.165, 1.54) is 4.90 Å². The second-order valence-corrected chi connectivity index (χ2v) is 7.07. The Morgan fingerprint density at radius 1 is 1.40 bits per heavy atom. The second-order valence-electron chi connectivity index (χ2n) is 7.07. The molecule has 0 radical (unpaired) electrons. The van der Waals surface area contributed by atoms with Gasteiger partial charge < -0.3 is 25.3 Å². The molecule has 2 fully saturated rings. The molecule has 3 N–H and O–H groups in total. The molecule has 3 aliphatic rings. The zero-order valence-corrected chi connectivity index (χ0v) is 14.7. The lowest BCUT2D eigenvalue weighted by Gasteiger charge is -2.48. The first kappa shape index (κ1) is 17.7. The first-order valence-corrected chi connectivity index (χ1v) is 8.80. The van der Waals surface area contributed by atoms with Gasteiger partial charge in [-0.3, -0.25) is 4.79 Å². The van der Waals surface area contributed by atoms with Gasteiger partial charge in [-0.15, -0.1) is 0 Å². The van der Waals surface area contributed by atoms with E-state index in [1.54, 1.807) is 18.9 Å². The topological polar surface area (TPSA) is 110 Å². The van der Waals surface area contributed by atoms with Crippen molar-refractivity contribution in [3.63, 3.8) is 0 Å². The summed E-state index contributed by atoms with van der Waals surface area (Å²) in [6.45, 7) is 3.88. The van der Waals surface area contributed by atoms with Crippen molar-refractivity contribution in [2.75, 3.05) is 13.6 Å². The summed E-state index contributed by atoms with van der Waals surface area (Å²) in [5.41, 5.74) is 0.673. The highest BCUT2D eigenvalue weighted by Crippen LogP contribution is 2.52. The van der Waals surface area contributed by atoms with E-state index in [0.29, 0.717) is 18.5 Å². The Morgan fingerprint density at radius 2 is 2.08 bits per heavy atom. The fourth-order valence-corrected chi connectivity index (χ4v) is 4.68. The van der Waals surface area contributed by atoms with E-state index >= 15 is 0 Å². The van der Waals surface area contributed by atoms with Gasteiger partial charge in [0.25, 0.3) is 0 Å². The summed E-state index contributed by atoms with van der Waals surface area (Å²) < 4.78 is 0. The van der Waals surface area contributed by atoms with Crippen LogP contribution in [0.5, 0.6) is 0 Å². The second kappa shape index (κ2) is 6.33. The van der Waals surface area contributed by atoms with E-state index < -0.39 is 18.0 Å². The summed E-state index contributed by atoms with van der Waals surface area (Å²) >= 11 is 0. The van der Waals surface area contributed by atoms with Crippen LogP contribution < -0.4 is 5.32 Å². The quantitative estimate of drug-likeness (QED) is 0.634. The summed E-state index contributed by atoms with van der Waals surface area (Å²) in [4.78, 5) is 39.5. The number of carbonyl (C=O) groups excluding carboxylic acids is 2. The minimum absolute atomic E-state index is 0.0118. The molecule has 1 saturated heterocycles. The molecule has 2 heterocycles. The number of hydrogen-bond donors (Lipinski definition) is 3. The molecule has 138 valence electrons. The van der Waals surface area contributed by atoms with Crippen molar-refractivity contribution in [3.8, 4) is 0 Å². The van der Waals surface area contributed by atoms with Gasteiger partial charge in [0.1, 0.15) is 5.70 Å². The van der Waals surface area contributed by atoms with Gasteiger partial charge in [0.05, 0.1) is 24.1 Å². The molecule has 0 bridgehead atoms. The minimum Gasteiger partial charge on any atom is -0.477 e. The summed E-state index contributed by atoms with van der Waals surface area (Å²) in [6.07, 6.45) is 1.47. The van der Waals surface area contributed by atoms with Crippen LogP contribution in [0.3, 0.4) is 0 Å². The molecule has 1 aliphatic carbocycles. The van der Waals surface area contributed by atoms with Gasteiger partial charge in [0, 0.05) is 19.5 Å². The van der Waals surface area contributed by atoms with Gasteiger partial charge in [-0.2, -0.15) is 0 Å². The normalized spacial score (nSPS) is 31.8. The van der Waals surface area contributed by atoms with Crippen LogP contribution >= 0.6 is 0 Å². The number of nitrogens with zero attached hydrogens (tertiary/aromatic N) is 2. The summed E-state index contributed by atoms with van der Waals surface area (Å²) in [5.74, 6) is -2.15. The number of rotatable bonds is 4. The summed E-state index contributed by atoms with van der Waals surface area (Å²) in [5, 5.41) is 22.4. The Balaban J connectivity index is 2.00. The smallest absolute Gasteiger partial charge is 0.352 e. The molecule has 5 atom stereocenters. The number of nitrogens with one attached hydrogen (secondary N) is 1. The highest BCUT2D eigenvalue weighted by Gasteiger charge is 2.62. The summed E-state index contributed by atoms with van der Waals surface area (Å²) in [6, 6.07) is -0.901.